The Bertz CT molecular complexity index is 440. The predicted octanol–water partition coefficient (Wildman–Crippen LogP) is 0.702. The minimum Gasteiger partial charge on any atom is -0.396 e. The Hall–Kier alpha value is -1.56. The molecule has 0 saturated heterocycles. The number of nitrogens with two attached hydrogens (primary N) is 1. The van der Waals surface area contributed by atoms with E-state index in [0.717, 1.165) is 5.69 Å². The quantitative estimate of drug-likeness (QED) is 0.708. The lowest BCUT2D eigenvalue weighted by molar-refractivity contribution is 0.0908. The second-order valence-electron chi connectivity index (χ2n) is 5.02. The highest BCUT2D eigenvalue weighted by molar-refractivity contribution is 5.98. The molecule has 1 aromatic rings. The fourth-order valence-corrected chi connectivity index (χ4v) is 2.07. The van der Waals surface area contributed by atoms with E-state index in [0.29, 0.717) is 24.2 Å². The molecule has 1 heterocycles. The van der Waals surface area contributed by atoms with Crippen LogP contribution in [0.15, 0.2) is 0 Å². The summed E-state index contributed by atoms with van der Waals surface area (Å²) in [5.41, 5.74) is 7.51. The fraction of sp³-hybridized carbons (Fsp3) is 0.692. The molecule has 0 aliphatic heterocycles. The zero-order chi connectivity index (χ0) is 14.6. The lowest BCUT2D eigenvalue weighted by atomic mass is 10.0. The van der Waals surface area contributed by atoms with Crippen molar-refractivity contribution in [2.45, 2.75) is 39.7 Å². The Morgan fingerprint density at radius 1 is 1.53 bits per heavy atom. The summed E-state index contributed by atoms with van der Waals surface area (Å²) < 4.78 is 1.51. The van der Waals surface area contributed by atoms with Crippen LogP contribution in [0.25, 0.3) is 0 Å². The van der Waals surface area contributed by atoms with Crippen LogP contribution in [0.2, 0.25) is 0 Å². The maximum Gasteiger partial charge on any atom is 0.271 e. The van der Waals surface area contributed by atoms with Crippen LogP contribution in [-0.2, 0) is 13.5 Å². The van der Waals surface area contributed by atoms with Gasteiger partial charge >= 0.3 is 0 Å². The number of rotatable bonds is 6. The largest absolute Gasteiger partial charge is 0.396 e. The summed E-state index contributed by atoms with van der Waals surface area (Å²) in [6, 6.07) is -0.0723. The van der Waals surface area contributed by atoms with E-state index in [1.807, 2.05) is 20.8 Å². The first-order chi connectivity index (χ1) is 8.92. The average Bonchev–Trinajstić information content (AvgIpc) is 2.63. The van der Waals surface area contributed by atoms with Crippen LogP contribution in [-0.4, -0.2) is 33.4 Å². The lowest BCUT2D eigenvalue weighted by Crippen LogP contribution is -2.40. The Morgan fingerprint density at radius 3 is 2.58 bits per heavy atom. The van der Waals surface area contributed by atoms with Crippen LogP contribution < -0.4 is 11.1 Å². The standard InChI is InChI=1S/C13H24N4O2/c1-5-9-11(14)12(17(4)16-9)13(19)15-10(6-7-18)8(2)3/h8,10,18H,5-7,14H2,1-4H3,(H,15,19). The SMILES string of the molecule is CCc1nn(C)c(C(=O)NC(CCO)C(C)C)c1N. The van der Waals surface area contributed by atoms with Crippen molar-refractivity contribution >= 4 is 11.6 Å². The van der Waals surface area contributed by atoms with Crippen molar-refractivity contribution in [1.29, 1.82) is 0 Å². The van der Waals surface area contributed by atoms with Gasteiger partial charge in [0.15, 0.2) is 0 Å². The molecule has 6 nitrogen and oxygen atoms in total. The number of hydrogen-bond acceptors (Lipinski definition) is 4. The number of amides is 1. The molecule has 0 aliphatic carbocycles. The van der Waals surface area contributed by atoms with E-state index in [-0.39, 0.29) is 24.5 Å². The molecule has 1 rings (SSSR count). The summed E-state index contributed by atoms with van der Waals surface area (Å²) in [5, 5.41) is 16.2. The van der Waals surface area contributed by atoms with Crippen molar-refractivity contribution in [1.82, 2.24) is 15.1 Å². The molecule has 0 aromatic carbocycles. The normalized spacial score (nSPS) is 12.7. The molecular weight excluding hydrogens is 244 g/mol. The number of nitrogen functional groups attached to an aromatic ring is 1. The molecule has 0 saturated carbocycles. The van der Waals surface area contributed by atoms with Gasteiger partial charge in [0, 0.05) is 19.7 Å². The number of aryl methyl sites for hydroxylation is 2. The molecule has 6 heteroatoms. The van der Waals surface area contributed by atoms with E-state index in [1.165, 1.54) is 4.68 Å². The van der Waals surface area contributed by atoms with Crippen molar-refractivity contribution in [3.8, 4) is 0 Å². The minimum atomic E-state index is -0.237. The van der Waals surface area contributed by atoms with Gasteiger partial charge in [0.05, 0.1) is 11.4 Å². The maximum absolute atomic E-state index is 12.3. The third-order valence-electron chi connectivity index (χ3n) is 3.27. The van der Waals surface area contributed by atoms with Crippen LogP contribution in [0.1, 0.15) is 43.4 Å². The second-order valence-corrected chi connectivity index (χ2v) is 5.02. The van der Waals surface area contributed by atoms with E-state index in [9.17, 15) is 4.79 Å². The zero-order valence-electron chi connectivity index (χ0n) is 12.1. The Kier molecular flexibility index (Phi) is 5.35. The van der Waals surface area contributed by atoms with Crippen LogP contribution in [0.5, 0.6) is 0 Å². The summed E-state index contributed by atoms with van der Waals surface area (Å²) in [4.78, 5) is 12.3. The van der Waals surface area contributed by atoms with Crippen LogP contribution in [0, 0.1) is 5.92 Å². The topological polar surface area (TPSA) is 93.2 Å². The summed E-state index contributed by atoms with van der Waals surface area (Å²) >= 11 is 0. The van der Waals surface area contributed by atoms with Gasteiger partial charge in [-0.3, -0.25) is 9.48 Å². The number of aliphatic hydroxyl groups is 1. The summed E-state index contributed by atoms with van der Waals surface area (Å²) in [6.45, 7) is 6.00. The molecule has 1 unspecified atom stereocenters. The van der Waals surface area contributed by atoms with Crippen LogP contribution in [0.3, 0.4) is 0 Å². The molecule has 0 spiro atoms. The van der Waals surface area contributed by atoms with Gasteiger partial charge in [-0.2, -0.15) is 5.10 Å². The number of aliphatic hydroxyl groups excluding tert-OH is 1. The van der Waals surface area contributed by atoms with Crippen molar-refractivity contribution in [3.05, 3.63) is 11.4 Å². The lowest BCUT2D eigenvalue weighted by Gasteiger charge is -2.21. The molecule has 108 valence electrons. The first-order valence-electron chi connectivity index (χ1n) is 6.65. The Labute approximate surface area is 114 Å². The molecule has 19 heavy (non-hydrogen) atoms. The Balaban J connectivity index is 2.91. The van der Waals surface area contributed by atoms with E-state index >= 15 is 0 Å². The molecule has 1 atom stereocenters. The van der Waals surface area contributed by atoms with E-state index < -0.39 is 0 Å². The van der Waals surface area contributed by atoms with Gasteiger partial charge in [0.1, 0.15) is 5.69 Å². The summed E-state index contributed by atoms with van der Waals surface area (Å²) in [5.74, 6) is 0.00977. The number of hydrogen-bond donors (Lipinski definition) is 3. The van der Waals surface area contributed by atoms with Gasteiger partial charge in [-0.25, -0.2) is 0 Å². The van der Waals surface area contributed by atoms with Gasteiger partial charge < -0.3 is 16.2 Å². The number of aromatic nitrogens is 2. The highest BCUT2D eigenvalue weighted by Crippen LogP contribution is 2.17. The van der Waals surface area contributed by atoms with Gasteiger partial charge in [-0.15, -0.1) is 0 Å². The van der Waals surface area contributed by atoms with E-state index in [4.69, 9.17) is 10.8 Å². The highest BCUT2D eigenvalue weighted by atomic mass is 16.3. The molecule has 0 aliphatic rings. The number of anilines is 1. The number of nitrogens with one attached hydrogen (secondary N) is 1. The maximum atomic E-state index is 12.3. The number of carbonyl (C=O) groups is 1. The minimum absolute atomic E-state index is 0.0458. The fourth-order valence-electron chi connectivity index (χ4n) is 2.07. The number of nitrogens with zero attached hydrogens (tertiary/aromatic N) is 2. The highest BCUT2D eigenvalue weighted by Gasteiger charge is 2.22. The first-order valence-corrected chi connectivity index (χ1v) is 6.65. The van der Waals surface area contributed by atoms with Crippen molar-refractivity contribution in [2.24, 2.45) is 13.0 Å². The smallest absolute Gasteiger partial charge is 0.271 e. The van der Waals surface area contributed by atoms with Crippen LogP contribution in [0.4, 0.5) is 5.69 Å². The molecule has 4 N–H and O–H groups in total. The summed E-state index contributed by atoms with van der Waals surface area (Å²) in [7, 11) is 1.71. The molecule has 0 fully saturated rings. The molecule has 1 amide bonds. The Morgan fingerprint density at radius 2 is 2.16 bits per heavy atom. The third-order valence-corrected chi connectivity index (χ3v) is 3.27. The van der Waals surface area contributed by atoms with Crippen molar-refractivity contribution in [2.75, 3.05) is 12.3 Å². The molecule has 0 radical (unpaired) electrons. The zero-order valence-corrected chi connectivity index (χ0v) is 12.1. The van der Waals surface area contributed by atoms with E-state index in [2.05, 4.69) is 10.4 Å². The van der Waals surface area contributed by atoms with E-state index in [1.54, 1.807) is 7.05 Å². The second kappa shape index (κ2) is 6.56. The first kappa shape index (κ1) is 15.5. The molecule has 1 aromatic heterocycles. The number of carbonyl (C=O) groups excluding carboxylic acids is 1. The van der Waals surface area contributed by atoms with Gasteiger partial charge in [0.25, 0.3) is 5.91 Å². The average molecular weight is 268 g/mol. The third kappa shape index (κ3) is 3.47. The summed E-state index contributed by atoms with van der Waals surface area (Å²) in [6.07, 6.45) is 1.22. The van der Waals surface area contributed by atoms with Gasteiger partial charge in [0.2, 0.25) is 0 Å². The molecule has 0 bridgehead atoms. The van der Waals surface area contributed by atoms with Crippen LogP contribution >= 0.6 is 0 Å². The van der Waals surface area contributed by atoms with Gasteiger partial charge in [-0.1, -0.05) is 20.8 Å². The predicted molar refractivity (Wildman–Crippen MR) is 74.8 cm³/mol. The molecular formula is C13H24N4O2. The van der Waals surface area contributed by atoms with Crippen molar-refractivity contribution in [3.63, 3.8) is 0 Å². The van der Waals surface area contributed by atoms with Crippen molar-refractivity contribution < 1.29 is 9.90 Å². The van der Waals surface area contributed by atoms with Gasteiger partial charge in [-0.05, 0) is 18.8 Å². The monoisotopic (exact) mass is 268 g/mol.